The standard InChI is InChI=1S/C11H14N4S2/c1-2-6-13-10-14-15-11(17-10)16-8-9-5-3-4-7-12-9/h3-5,7H,2,6,8H2,1H3,(H,13,14). The van der Waals surface area contributed by atoms with Crippen LogP contribution in [0, 0.1) is 0 Å². The SMILES string of the molecule is CCCNc1nnc(SCc2ccccn2)s1. The number of nitrogens with one attached hydrogen (secondary N) is 1. The van der Waals surface area contributed by atoms with E-state index in [-0.39, 0.29) is 0 Å². The summed E-state index contributed by atoms with van der Waals surface area (Å²) in [5.41, 5.74) is 1.07. The van der Waals surface area contributed by atoms with E-state index in [1.165, 1.54) is 0 Å². The second-order valence-electron chi connectivity index (χ2n) is 3.41. The molecule has 6 heteroatoms. The van der Waals surface area contributed by atoms with Crippen LogP contribution in [0.15, 0.2) is 28.7 Å². The molecule has 2 heterocycles. The van der Waals surface area contributed by atoms with Crippen LogP contribution in [0.25, 0.3) is 0 Å². The summed E-state index contributed by atoms with van der Waals surface area (Å²) in [5.74, 6) is 0.837. The molecule has 0 aliphatic carbocycles. The summed E-state index contributed by atoms with van der Waals surface area (Å²) in [4.78, 5) is 4.27. The van der Waals surface area contributed by atoms with Crippen molar-refractivity contribution >= 4 is 28.2 Å². The van der Waals surface area contributed by atoms with Gasteiger partial charge in [-0.2, -0.15) is 0 Å². The molecule has 0 aliphatic heterocycles. The number of anilines is 1. The van der Waals surface area contributed by atoms with E-state index < -0.39 is 0 Å². The molecular weight excluding hydrogens is 252 g/mol. The number of pyridine rings is 1. The Bertz CT molecular complexity index is 444. The van der Waals surface area contributed by atoms with Crippen molar-refractivity contribution in [3.63, 3.8) is 0 Å². The number of nitrogens with zero attached hydrogens (tertiary/aromatic N) is 3. The van der Waals surface area contributed by atoms with Crippen molar-refractivity contribution in [2.45, 2.75) is 23.4 Å². The van der Waals surface area contributed by atoms with Crippen LogP contribution in [0.3, 0.4) is 0 Å². The molecule has 2 aromatic heterocycles. The van der Waals surface area contributed by atoms with Gasteiger partial charge in [-0.1, -0.05) is 36.1 Å². The average Bonchev–Trinajstić information content (AvgIpc) is 2.83. The highest BCUT2D eigenvalue weighted by Gasteiger charge is 2.04. The Kier molecular flexibility index (Phi) is 4.75. The van der Waals surface area contributed by atoms with Crippen molar-refractivity contribution in [1.82, 2.24) is 15.2 Å². The lowest BCUT2D eigenvalue weighted by molar-refractivity contribution is 0.951. The van der Waals surface area contributed by atoms with Gasteiger partial charge in [0.1, 0.15) is 0 Å². The second kappa shape index (κ2) is 6.56. The highest BCUT2D eigenvalue weighted by Crippen LogP contribution is 2.27. The Hall–Kier alpha value is -1.14. The van der Waals surface area contributed by atoms with Crippen molar-refractivity contribution in [3.8, 4) is 0 Å². The van der Waals surface area contributed by atoms with E-state index in [0.29, 0.717) is 0 Å². The molecular formula is C11H14N4S2. The van der Waals surface area contributed by atoms with Crippen LogP contribution in [0.5, 0.6) is 0 Å². The predicted octanol–water partition coefficient (Wildman–Crippen LogP) is 3.05. The lowest BCUT2D eigenvalue weighted by Gasteiger charge is -1.96. The Labute approximate surface area is 109 Å². The highest BCUT2D eigenvalue weighted by atomic mass is 32.2. The quantitative estimate of drug-likeness (QED) is 0.814. The van der Waals surface area contributed by atoms with Gasteiger partial charge < -0.3 is 5.32 Å². The lowest BCUT2D eigenvalue weighted by atomic mass is 10.4. The summed E-state index contributed by atoms with van der Waals surface area (Å²) < 4.78 is 0.981. The van der Waals surface area contributed by atoms with E-state index in [2.05, 4.69) is 27.4 Å². The molecule has 0 fully saturated rings. The maximum Gasteiger partial charge on any atom is 0.206 e. The fourth-order valence-electron chi connectivity index (χ4n) is 1.19. The first-order valence-corrected chi connectivity index (χ1v) is 7.29. The van der Waals surface area contributed by atoms with Crippen LogP contribution in [0.4, 0.5) is 5.13 Å². The van der Waals surface area contributed by atoms with Gasteiger partial charge in [0.25, 0.3) is 0 Å². The Morgan fingerprint density at radius 1 is 1.35 bits per heavy atom. The molecule has 0 radical (unpaired) electrons. The zero-order valence-electron chi connectivity index (χ0n) is 9.59. The van der Waals surface area contributed by atoms with E-state index in [1.54, 1.807) is 23.1 Å². The molecule has 2 aromatic rings. The van der Waals surface area contributed by atoms with Crippen molar-refractivity contribution in [3.05, 3.63) is 30.1 Å². The first-order chi connectivity index (χ1) is 8.38. The summed E-state index contributed by atoms with van der Waals surface area (Å²) in [5, 5.41) is 12.3. The van der Waals surface area contributed by atoms with Crippen LogP contribution in [0.1, 0.15) is 19.0 Å². The highest BCUT2D eigenvalue weighted by molar-refractivity contribution is 8.00. The molecule has 1 N–H and O–H groups in total. The Morgan fingerprint density at radius 2 is 2.29 bits per heavy atom. The summed E-state index contributed by atoms with van der Waals surface area (Å²) in [6.07, 6.45) is 2.90. The van der Waals surface area contributed by atoms with Crippen molar-refractivity contribution in [2.75, 3.05) is 11.9 Å². The molecule has 0 aromatic carbocycles. The Morgan fingerprint density at radius 3 is 3.06 bits per heavy atom. The second-order valence-corrected chi connectivity index (χ2v) is 5.61. The van der Waals surface area contributed by atoms with Crippen LogP contribution in [-0.4, -0.2) is 21.7 Å². The first-order valence-electron chi connectivity index (χ1n) is 5.48. The smallest absolute Gasteiger partial charge is 0.206 e. The minimum absolute atomic E-state index is 0.837. The third-order valence-electron chi connectivity index (χ3n) is 2.00. The van der Waals surface area contributed by atoms with E-state index in [1.807, 2.05) is 24.4 Å². The van der Waals surface area contributed by atoms with Crippen LogP contribution < -0.4 is 5.32 Å². The van der Waals surface area contributed by atoms with Crippen molar-refractivity contribution in [2.24, 2.45) is 0 Å². The van der Waals surface area contributed by atoms with Crippen LogP contribution >= 0.6 is 23.1 Å². The van der Waals surface area contributed by atoms with Gasteiger partial charge in [0, 0.05) is 18.5 Å². The number of thioether (sulfide) groups is 1. The van der Waals surface area contributed by atoms with Gasteiger partial charge in [-0.15, -0.1) is 10.2 Å². The lowest BCUT2D eigenvalue weighted by Crippen LogP contribution is -1.98. The number of aromatic nitrogens is 3. The number of hydrogen-bond donors (Lipinski definition) is 1. The van der Waals surface area contributed by atoms with Gasteiger partial charge >= 0.3 is 0 Å². The summed E-state index contributed by atoms with van der Waals surface area (Å²) in [6.45, 7) is 3.07. The van der Waals surface area contributed by atoms with E-state index in [4.69, 9.17) is 0 Å². The maximum absolute atomic E-state index is 4.27. The molecule has 17 heavy (non-hydrogen) atoms. The largest absolute Gasteiger partial charge is 0.360 e. The predicted molar refractivity (Wildman–Crippen MR) is 72.5 cm³/mol. The monoisotopic (exact) mass is 266 g/mol. The maximum atomic E-state index is 4.27. The molecule has 0 bridgehead atoms. The molecule has 0 saturated carbocycles. The minimum Gasteiger partial charge on any atom is -0.360 e. The van der Waals surface area contributed by atoms with Crippen molar-refractivity contribution < 1.29 is 0 Å². The van der Waals surface area contributed by atoms with Gasteiger partial charge in [-0.05, 0) is 18.6 Å². The normalized spacial score (nSPS) is 10.4. The summed E-state index contributed by atoms with van der Waals surface area (Å²) >= 11 is 3.26. The molecule has 0 atom stereocenters. The third-order valence-corrected chi connectivity index (χ3v) is 4.05. The average molecular weight is 266 g/mol. The first kappa shape index (κ1) is 12.3. The topological polar surface area (TPSA) is 50.7 Å². The van der Waals surface area contributed by atoms with E-state index >= 15 is 0 Å². The molecule has 0 spiro atoms. The number of rotatable bonds is 6. The fourth-order valence-corrected chi connectivity index (χ4v) is 2.88. The minimum atomic E-state index is 0.837. The zero-order chi connectivity index (χ0) is 11.9. The van der Waals surface area contributed by atoms with Crippen LogP contribution in [0.2, 0.25) is 0 Å². The van der Waals surface area contributed by atoms with Gasteiger partial charge in [-0.25, -0.2) is 0 Å². The summed E-state index contributed by atoms with van der Waals surface area (Å²) in [7, 11) is 0. The van der Waals surface area contributed by atoms with Gasteiger partial charge in [0.05, 0.1) is 5.69 Å². The molecule has 2 rings (SSSR count). The third kappa shape index (κ3) is 3.98. The van der Waals surface area contributed by atoms with Crippen molar-refractivity contribution in [1.29, 1.82) is 0 Å². The fraction of sp³-hybridized carbons (Fsp3) is 0.364. The molecule has 0 saturated heterocycles. The Balaban J connectivity index is 1.85. The molecule has 0 amide bonds. The molecule has 4 nitrogen and oxygen atoms in total. The van der Waals surface area contributed by atoms with Gasteiger partial charge in [0.2, 0.25) is 5.13 Å². The molecule has 0 aliphatic rings. The molecule has 90 valence electrons. The number of hydrogen-bond acceptors (Lipinski definition) is 6. The van der Waals surface area contributed by atoms with E-state index in [9.17, 15) is 0 Å². The van der Waals surface area contributed by atoms with Gasteiger partial charge in [0.15, 0.2) is 4.34 Å². The van der Waals surface area contributed by atoms with E-state index in [0.717, 1.165) is 33.9 Å². The van der Waals surface area contributed by atoms with Gasteiger partial charge in [-0.3, -0.25) is 4.98 Å². The van der Waals surface area contributed by atoms with Crippen LogP contribution in [-0.2, 0) is 5.75 Å². The zero-order valence-corrected chi connectivity index (χ0v) is 11.2. The molecule has 0 unspecified atom stereocenters. The summed E-state index contributed by atoms with van der Waals surface area (Å²) in [6, 6.07) is 5.94.